The van der Waals surface area contributed by atoms with Crippen molar-refractivity contribution in [2.24, 2.45) is 0 Å². The van der Waals surface area contributed by atoms with E-state index in [1.165, 1.54) is 0 Å². The minimum atomic E-state index is -0.0892. The maximum atomic E-state index is 11.2. The van der Waals surface area contributed by atoms with Crippen molar-refractivity contribution in [2.45, 2.75) is 51.4 Å². The van der Waals surface area contributed by atoms with Gasteiger partial charge in [0.25, 0.3) is 0 Å². The Morgan fingerprint density at radius 2 is 1.85 bits per heavy atom. The molecule has 0 heterocycles. The SMILES string of the molecule is [CH2]CCCN(C=O)CCCCCCNC(=O)CC[C]=O. The quantitative estimate of drug-likeness (QED) is 0.389. The van der Waals surface area contributed by atoms with E-state index in [0.717, 1.165) is 58.0 Å². The van der Waals surface area contributed by atoms with Gasteiger partial charge >= 0.3 is 0 Å². The standard InChI is InChI=1S/C15H26N2O3/c1-2-3-11-17(14-19)12-7-5-4-6-10-16-15(20)9-8-13-18/h14H,1-12H2,(H,16,20). The summed E-state index contributed by atoms with van der Waals surface area (Å²) in [6.45, 7) is 5.99. The molecule has 0 aliphatic heterocycles. The van der Waals surface area contributed by atoms with Crippen LogP contribution in [0.5, 0.6) is 0 Å². The zero-order valence-corrected chi connectivity index (χ0v) is 12.2. The fourth-order valence-corrected chi connectivity index (χ4v) is 1.81. The van der Waals surface area contributed by atoms with E-state index < -0.39 is 0 Å². The third-order valence-corrected chi connectivity index (χ3v) is 2.99. The molecule has 2 amide bonds. The normalized spacial score (nSPS) is 10.1. The van der Waals surface area contributed by atoms with Crippen LogP contribution in [-0.2, 0) is 14.4 Å². The van der Waals surface area contributed by atoms with Crippen molar-refractivity contribution < 1.29 is 14.4 Å². The third kappa shape index (κ3) is 11.7. The molecule has 0 saturated heterocycles. The fraction of sp³-hybridized carbons (Fsp3) is 0.733. The first kappa shape index (κ1) is 18.6. The van der Waals surface area contributed by atoms with Crippen LogP contribution in [0.15, 0.2) is 0 Å². The number of carbonyl (C=O) groups excluding carboxylic acids is 3. The molecule has 0 aromatic heterocycles. The van der Waals surface area contributed by atoms with E-state index in [4.69, 9.17) is 0 Å². The summed E-state index contributed by atoms with van der Waals surface area (Å²) in [5.74, 6) is -0.0892. The van der Waals surface area contributed by atoms with Gasteiger partial charge in [0, 0.05) is 32.5 Å². The first-order valence-corrected chi connectivity index (χ1v) is 7.35. The summed E-state index contributed by atoms with van der Waals surface area (Å²) in [7, 11) is 0. The van der Waals surface area contributed by atoms with Crippen molar-refractivity contribution >= 4 is 18.6 Å². The largest absolute Gasteiger partial charge is 0.356 e. The van der Waals surface area contributed by atoms with Gasteiger partial charge in [-0.25, -0.2) is 0 Å². The Balaban J connectivity index is 3.36. The van der Waals surface area contributed by atoms with E-state index in [9.17, 15) is 14.4 Å². The highest BCUT2D eigenvalue weighted by molar-refractivity contribution is 5.78. The lowest BCUT2D eigenvalue weighted by Gasteiger charge is -2.16. The number of nitrogens with zero attached hydrogens (tertiary/aromatic N) is 1. The van der Waals surface area contributed by atoms with Gasteiger partial charge in [0.05, 0.1) is 0 Å². The highest BCUT2D eigenvalue weighted by Crippen LogP contribution is 2.02. The molecule has 1 N–H and O–H groups in total. The summed E-state index contributed by atoms with van der Waals surface area (Å²) in [6.07, 6.45) is 8.79. The summed E-state index contributed by atoms with van der Waals surface area (Å²) in [6, 6.07) is 0. The Kier molecular flexibility index (Phi) is 13.1. The van der Waals surface area contributed by atoms with Crippen molar-refractivity contribution in [3.8, 4) is 0 Å². The molecule has 0 aromatic rings. The zero-order valence-electron chi connectivity index (χ0n) is 12.2. The Morgan fingerprint density at radius 1 is 1.15 bits per heavy atom. The molecule has 0 bridgehead atoms. The monoisotopic (exact) mass is 282 g/mol. The van der Waals surface area contributed by atoms with Crippen LogP contribution in [0.1, 0.15) is 51.4 Å². The molecule has 5 heteroatoms. The second-order valence-corrected chi connectivity index (χ2v) is 4.76. The Morgan fingerprint density at radius 3 is 2.50 bits per heavy atom. The molecule has 20 heavy (non-hydrogen) atoms. The Bertz CT molecular complexity index is 270. The van der Waals surface area contributed by atoms with Crippen LogP contribution in [0.25, 0.3) is 0 Å². The van der Waals surface area contributed by atoms with Crippen molar-refractivity contribution in [2.75, 3.05) is 19.6 Å². The highest BCUT2D eigenvalue weighted by Gasteiger charge is 2.01. The molecule has 0 atom stereocenters. The molecule has 0 aromatic carbocycles. The maximum Gasteiger partial charge on any atom is 0.220 e. The first-order valence-electron chi connectivity index (χ1n) is 7.35. The van der Waals surface area contributed by atoms with Gasteiger partial charge in [-0.05, 0) is 19.3 Å². The average molecular weight is 282 g/mol. The fourth-order valence-electron chi connectivity index (χ4n) is 1.81. The molecule has 0 aliphatic carbocycles. The van der Waals surface area contributed by atoms with Crippen LogP contribution in [0.4, 0.5) is 0 Å². The summed E-state index contributed by atoms with van der Waals surface area (Å²) >= 11 is 0. The van der Waals surface area contributed by atoms with Crippen molar-refractivity contribution in [3.05, 3.63) is 6.92 Å². The summed E-state index contributed by atoms with van der Waals surface area (Å²) < 4.78 is 0. The van der Waals surface area contributed by atoms with Gasteiger partial charge in [-0.15, -0.1) is 0 Å². The molecular weight excluding hydrogens is 256 g/mol. The van der Waals surface area contributed by atoms with Crippen LogP contribution >= 0.6 is 0 Å². The second kappa shape index (κ2) is 14.0. The minimum absolute atomic E-state index is 0.0892. The maximum absolute atomic E-state index is 11.2. The number of rotatable bonds is 14. The topological polar surface area (TPSA) is 66.5 Å². The van der Waals surface area contributed by atoms with E-state index in [2.05, 4.69) is 12.2 Å². The van der Waals surface area contributed by atoms with Gasteiger partial charge in [-0.1, -0.05) is 26.2 Å². The third-order valence-electron chi connectivity index (χ3n) is 2.99. The first-order chi connectivity index (χ1) is 9.74. The molecular formula is C15H26N2O3. The summed E-state index contributed by atoms with van der Waals surface area (Å²) in [4.78, 5) is 33.7. The van der Waals surface area contributed by atoms with Crippen LogP contribution in [0.3, 0.4) is 0 Å². The summed E-state index contributed by atoms with van der Waals surface area (Å²) in [5, 5.41) is 2.76. The number of hydrogen-bond acceptors (Lipinski definition) is 3. The van der Waals surface area contributed by atoms with Crippen molar-refractivity contribution in [3.63, 3.8) is 0 Å². The summed E-state index contributed by atoms with van der Waals surface area (Å²) in [5.41, 5.74) is 0. The highest BCUT2D eigenvalue weighted by atomic mass is 16.2. The predicted octanol–water partition coefficient (Wildman–Crippen LogP) is 1.63. The lowest BCUT2D eigenvalue weighted by molar-refractivity contribution is -0.121. The number of unbranched alkanes of at least 4 members (excludes halogenated alkanes) is 4. The van der Waals surface area contributed by atoms with E-state index in [1.807, 2.05) is 0 Å². The predicted molar refractivity (Wildman–Crippen MR) is 78.6 cm³/mol. The smallest absolute Gasteiger partial charge is 0.220 e. The molecule has 0 unspecified atom stereocenters. The number of nitrogens with one attached hydrogen (secondary N) is 1. The van der Waals surface area contributed by atoms with E-state index >= 15 is 0 Å². The molecule has 114 valence electrons. The molecule has 0 fully saturated rings. The molecule has 0 aliphatic rings. The van der Waals surface area contributed by atoms with Crippen molar-refractivity contribution in [1.29, 1.82) is 0 Å². The van der Waals surface area contributed by atoms with Gasteiger partial charge in [0.2, 0.25) is 12.3 Å². The zero-order chi connectivity index (χ0) is 15.1. The number of hydrogen-bond donors (Lipinski definition) is 1. The Labute approximate surface area is 122 Å². The van der Waals surface area contributed by atoms with Crippen LogP contribution in [-0.4, -0.2) is 43.1 Å². The van der Waals surface area contributed by atoms with E-state index in [0.29, 0.717) is 6.54 Å². The number of carbonyl (C=O) groups is 2. The molecule has 0 saturated carbocycles. The molecule has 0 rings (SSSR count). The molecule has 2 radical (unpaired) electrons. The molecule has 5 nitrogen and oxygen atoms in total. The average Bonchev–Trinajstić information content (AvgIpc) is 2.47. The lowest BCUT2D eigenvalue weighted by atomic mass is 10.2. The lowest BCUT2D eigenvalue weighted by Crippen LogP contribution is -2.25. The number of amides is 2. The second-order valence-electron chi connectivity index (χ2n) is 4.76. The van der Waals surface area contributed by atoms with Crippen LogP contribution in [0.2, 0.25) is 0 Å². The van der Waals surface area contributed by atoms with E-state index in [1.54, 1.807) is 11.2 Å². The molecule has 0 spiro atoms. The van der Waals surface area contributed by atoms with Crippen LogP contribution in [0, 0.1) is 6.92 Å². The van der Waals surface area contributed by atoms with E-state index in [-0.39, 0.29) is 18.7 Å². The van der Waals surface area contributed by atoms with Gasteiger partial charge in [0.1, 0.15) is 0 Å². The van der Waals surface area contributed by atoms with Gasteiger partial charge in [-0.3, -0.25) is 14.4 Å². The van der Waals surface area contributed by atoms with Crippen molar-refractivity contribution in [1.82, 2.24) is 10.2 Å². The Hall–Kier alpha value is -1.39. The van der Waals surface area contributed by atoms with Gasteiger partial charge in [-0.2, -0.15) is 0 Å². The minimum Gasteiger partial charge on any atom is -0.356 e. The van der Waals surface area contributed by atoms with Gasteiger partial charge < -0.3 is 10.2 Å². The van der Waals surface area contributed by atoms with Gasteiger partial charge in [0.15, 0.2) is 6.29 Å². The van der Waals surface area contributed by atoms with Crippen LogP contribution < -0.4 is 5.32 Å².